The molecule has 1 nitrogen and oxygen atoms in total. The van der Waals surface area contributed by atoms with E-state index >= 15 is 0 Å². The number of benzene rings is 2. The Balaban J connectivity index is 2.10. The standard InChI is InChI=1S/C22H25OP/c1-4-17-15-16-20(21(17)22(2,3)23)24(18-11-7-5-8-12-18)19-13-9-6-10-14-19/h5-16,21,23H,4H2,1-3H3. The van der Waals surface area contributed by atoms with E-state index in [2.05, 4.69) is 79.7 Å². The van der Waals surface area contributed by atoms with Gasteiger partial charge in [0.25, 0.3) is 0 Å². The van der Waals surface area contributed by atoms with E-state index in [4.69, 9.17) is 0 Å². The molecule has 0 radical (unpaired) electrons. The zero-order chi connectivity index (χ0) is 17.2. The number of allylic oxidation sites excluding steroid dienone is 2. The lowest BCUT2D eigenvalue weighted by molar-refractivity contribution is 0.0490. The first kappa shape index (κ1) is 17.1. The van der Waals surface area contributed by atoms with Crippen molar-refractivity contribution < 1.29 is 5.11 Å². The van der Waals surface area contributed by atoms with Gasteiger partial charge in [-0.3, -0.25) is 0 Å². The van der Waals surface area contributed by atoms with Gasteiger partial charge in [0.1, 0.15) is 0 Å². The fourth-order valence-corrected chi connectivity index (χ4v) is 6.32. The van der Waals surface area contributed by atoms with E-state index in [0.29, 0.717) is 0 Å². The summed E-state index contributed by atoms with van der Waals surface area (Å²) in [6.07, 6.45) is 5.45. The highest BCUT2D eigenvalue weighted by molar-refractivity contribution is 7.76. The molecule has 0 bridgehead atoms. The fourth-order valence-electron chi connectivity index (χ4n) is 3.52. The molecule has 0 saturated carbocycles. The number of aliphatic hydroxyl groups is 1. The van der Waals surface area contributed by atoms with Crippen molar-refractivity contribution in [2.45, 2.75) is 32.8 Å². The van der Waals surface area contributed by atoms with E-state index in [0.717, 1.165) is 6.42 Å². The number of hydrogen-bond donors (Lipinski definition) is 1. The van der Waals surface area contributed by atoms with Gasteiger partial charge < -0.3 is 5.11 Å². The topological polar surface area (TPSA) is 20.2 Å². The highest BCUT2D eigenvalue weighted by Crippen LogP contribution is 2.54. The zero-order valence-electron chi connectivity index (χ0n) is 14.6. The number of hydrogen-bond acceptors (Lipinski definition) is 1. The van der Waals surface area contributed by atoms with Gasteiger partial charge >= 0.3 is 0 Å². The molecule has 0 saturated heterocycles. The molecule has 1 N–H and O–H groups in total. The second kappa shape index (κ2) is 7.05. The second-order valence-corrected chi connectivity index (χ2v) is 9.00. The summed E-state index contributed by atoms with van der Waals surface area (Å²) in [5.74, 6) is 0.0917. The zero-order valence-corrected chi connectivity index (χ0v) is 15.5. The first-order valence-corrected chi connectivity index (χ1v) is 9.89. The van der Waals surface area contributed by atoms with Crippen LogP contribution in [0.2, 0.25) is 0 Å². The summed E-state index contributed by atoms with van der Waals surface area (Å²) in [7, 11) is -0.639. The van der Waals surface area contributed by atoms with E-state index in [1.165, 1.54) is 21.5 Å². The van der Waals surface area contributed by atoms with Crippen molar-refractivity contribution in [3.05, 3.63) is 83.7 Å². The molecule has 3 rings (SSSR count). The summed E-state index contributed by atoms with van der Waals surface area (Å²) in [5.41, 5.74) is 0.575. The van der Waals surface area contributed by atoms with Crippen LogP contribution in [0.5, 0.6) is 0 Å². The normalized spacial score (nSPS) is 17.8. The second-order valence-electron chi connectivity index (χ2n) is 6.78. The monoisotopic (exact) mass is 336 g/mol. The minimum absolute atomic E-state index is 0.0917. The lowest BCUT2D eigenvalue weighted by Gasteiger charge is -2.35. The van der Waals surface area contributed by atoms with Crippen molar-refractivity contribution in [2.75, 3.05) is 0 Å². The Kier molecular flexibility index (Phi) is 5.04. The Bertz CT molecular complexity index is 699. The molecule has 2 aromatic rings. The fraction of sp³-hybridized carbons (Fsp3) is 0.273. The molecule has 0 spiro atoms. The Morgan fingerprint density at radius 2 is 1.38 bits per heavy atom. The van der Waals surface area contributed by atoms with Crippen LogP contribution < -0.4 is 10.6 Å². The molecule has 2 aromatic carbocycles. The predicted molar refractivity (Wildman–Crippen MR) is 105 cm³/mol. The molecule has 124 valence electrons. The van der Waals surface area contributed by atoms with Crippen molar-refractivity contribution in [1.29, 1.82) is 0 Å². The third-order valence-electron chi connectivity index (χ3n) is 4.54. The molecular formula is C22H25OP. The molecule has 0 aliphatic heterocycles. The summed E-state index contributed by atoms with van der Waals surface area (Å²) >= 11 is 0. The van der Waals surface area contributed by atoms with Crippen LogP contribution in [0.25, 0.3) is 0 Å². The Labute approximate surface area is 146 Å². The Hall–Kier alpha value is -1.69. The van der Waals surface area contributed by atoms with Gasteiger partial charge in [-0.05, 0) is 44.1 Å². The van der Waals surface area contributed by atoms with E-state index in [9.17, 15) is 5.11 Å². The summed E-state index contributed by atoms with van der Waals surface area (Å²) in [6.45, 7) is 6.04. The van der Waals surface area contributed by atoms with E-state index in [1.54, 1.807) is 0 Å². The molecule has 24 heavy (non-hydrogen) atoms. The largest absolute Gasteiger partial charge is 0.389 e. The van der Waals surface area contributed by atoms with Crippen LogP contribution in [0.1, 0.15) is 27.2 Å². The van der Waals surface area contributed by atoms with Crippen LogP contribution in [0, 0.1) is 5.92 Å². The van der Waals surface area contributed by atoms with Gasteiger partial charge in [0.2, 0.25) is 0 Å². The Morgan fingerprint density at radius 1 is 0.875 bits per heavy atom. The van der Waals surface area contributed by atoms with Gasteiger partial charge in [-0.1, -0.05) is 85.3 Å². The molecule has 0 heterocycles. The quantitative estimate of drug-likeness (QED) is 0.782. The van der Waals surface area contributed by atoms with Gasteiger partial charge in [-0.2, -0.15) is 0 Å². The molecule has 2 heteroatoms. The SMILES string of the molecule is CCC1=CC=C(P(c2ccccc2)c2ccccc2)C1C(C)(C)O. The summed E-state index contributed by atoms with van der Waals surface area (Å²) < 4.78 is 0. The van der Waals surface area contributed by atoms with Crippen molar-refractivity contribution in [2.24, 2.45) is 5.92 Å². The maximum atomic E-state index is 10.9. The van der Waals surface area contributed by atoms with Gasteiger partial charge in [-0.25, -0.2) is 0 Å². The highest BCUT2D eigenvalue weighted by Gasteiger charge is 2.38. The smallest absolute Gasteiger partial charge is 0.0697 e. The van der Waals surface area contributed by atoms with Gasteiger partial charge in [-0.15, -0.1) is 0 Å². The molecule has 1 atom stereocenters. The molecule has 1 aliphatic carbocycles. The minimum Gasteiger partial charge on any atom is -0.389 e. The van der Waals surface area contributed by atoms with Crippen LogP contribution >= 0.6 is 7.92 Å². The summed E-state index contributed by atoms with van der Waals surface area (Å²) in [5, 5.41) is 14.9. The Morgan fingerprint density at radius 3 is 1.79 bits per heavy atom. The molecule has 0 fully saturated rings. The lowest BCUT2D eigenvalue weighted by atomic mass is 9.85. The minimum atomic E-state index is -0.756. The highest BCUT2D eigenvalue weighted by atomic mass is 31.1. The van der Waals surface area contributed by atoms with Crippen LogP contribution in [0.3, 0.4) is 0 Å². The van der Waals surface area contributed by atoms with Crippen LogP contribution in [0.4, 0.5) is 0 Å². The molecule has 0 amide bonds. The van der Waals surface area contributed by atoms with Gasteiger partial charge in [0.15, 0.2) is 0 Å². The van der Waals surface area contributed by atoms with Crippen molar-refractivity contribution >= 4 is 18.5 Å². The maximum absolute atomic E-state index is 10.9. The van der Waals surface area contributed by atoms with E-state index in [1.807, 2.05) is 13.8 Å². The van der Waals surface area contributed by atoms with Crippen molar-refractivity contribution in [3.8, 4) is 0 Å². The molecule has 1 aliphatic rings. The van der Waals surface area contributed by atoms with Crippen molar-refractivity contribution in [1.82, 2.24) is 0 Å². The van der Waals surface area contributed by atoms with Gasteiger partial charge in [0, 0.05) is 5.92 Å². The predicted octanol–water partition coefficient (Wildman–Crippen LogP) is 4.74. The molecule has 1 unspecified atom stereocenters. The lowest BCUT2D eigenvalue weighted by Crippen LogP contribution is -2.33. The summed E-state index contributed by atoms with van der Waals surface area (Å²) in [4.78, 5) is 0. The number of rotatable bonds is 5. The average molecular weight is 336 g/mol. The third kappa shape index (κ3) is 3.38. The maximum Gasteiger partial charge on any atom is 0.0697 e. The van der Waals surface area contributed by atoms with Crippen LogP contribution in [-0.4, -0.2) is 10.7 Å². The van der Waals surface area contributed by atoms with Crippen LogP contribution in [-0.2, 0) is 0 Å². The summed E-state index contributed by atoms with van der Waals surface area (Å²) in [6, 6.07) is 21.4. The first-order chi connectivity index (χ1) is 11.5. The van der Waals surface area contributed by atoms with Crippen molar-refractivity contribution in [3.63, 3.8) is 0 Å². The van der Waals surface area contributed by atoms with Crippen LogP contribution in [0.15, 0.2) is 83.7 Å². The van der Waals surface area contributed by atoms with E-state index in [-0.39, 0.29) is 5.92 Å². The average Bonchev–Trinajstić information content (AvgIpc) is 3.01. The van der Waals surface area contributed by atoms with E-state index < -0.39 is 13.5 Å². The molecular weight excluding hydrogens is 311 g/mol. The van der Waals surface area contributed by atoms with Gasteiger partial charge in [0.05, 0.1) is 5.60 Å². The molecule has 0 aromatic heterocycles. The third-order valence-corrected chi connectivity index (χ3v) is 7.09. The first-order valence-electron chi connectivity index (χ1n) is 8.55.